The number of furan rings is 1. The molecule has 0 aliphatic heterocycles. The predicted molar refractivity (Wildman–Crippen MR) is 139 cm³/mol. The fraction of sp³-hybridized carbons (Fsp3) is 0.148. The first-order valence-corrected chi connectivity index (χ1v) is 12.3. The van der Waals surface area contributed by atoms with Crippen molar-refractivity contribution in [3.8, 4) is 34.1 Å². The molecule has 0 atom stereocenters. The molecule has 10 nitrogen and oxygen atoms in total. The third kappa shape index (κ3) is 4.02. The molecule has 5 heterocycles. The fourth-order valence-electron chi connectivity index (χ4n) is 4.83. The van der Waals surface area contributed by atoms with E-state index in [1.807, 2.05) is 6.07 Å². The highest BCUT2D eigenvalue weighted by Gasteiger charge is 2.35. The van der Waals surface area contributed by atoms with Crippen molar-refractivity contribution in [1.29, 1.82) is 0 Å². The van der Waals surface area contributed by atoms with Gasteiger partial charge in [0.1, 0.15) is 34.4 Å². The van der Waals surface area contributed by atoms with Gasteiger partial charge in [-0.3, -0.25) is 4.40 Å². The molecule has 0 unspecified atom stereocenters. The molecule has 40 heavy (non-hydrogen) atoms. The Labute approximate surface area is 223 Å². The zero-order valence-corrected chi connectivity index (χ0v) is 20.6. The van der Waals surface area contributed by atoms with Gasteiger partial charge in [-0.25, -0.2) is 9.97 Å². The molecular formula is C27H19F3N8O2. The van der Waals surface area contributed by atoms with E-state index in [1.165, 1.54) is 23.2 Å². The standard InChI is InChI=1S/C27H19F3N8O2/c28-27(29,30)21-13-32-22-10-7-15(14-37(21)22)23-24(20-6-3-11-39-20)33-26(31)34-25(23)38-19-9-8-17(12-18(19)35-36-38)40-16-4-1-2-5-16/h1-3,6-14,16H,4-5H2,(H2,31,33,34). The first kappa shape index (κ1) is 23.9. The van der Waals surface area contributed by atoms with Gasteiger partial charge in [0.25, 0.3) is 0 Å². The summed E-state index contributed by atoms with van der Waals surface area (Å²) in [5.41, 5.74) is 7.43. The smallest absolute Gasteiger partial charge is 0.433 e. The van der Waals surface area contributed by atoms with Crippen LogP contribution in [0, 0.1) is 0 Å². The first-order chi connectivity index (χ1) is 19.3. The maximum Gasteiger partial charge on any atom is 0.433 e. The minimum Gasteiger partial charge on any atom is -0.490 e. The number of imidazole rings is 1. The molecule has 0 amide bonds. The molecule has 0 saturated carbocycles. The molecule has 5 aromatic heterocycles. The van der Waals surface area contributed by atoms with E-state index >= 15 is 0 Å². The summed E-state index contributed by atoms with van der Waals surface area (Å²) in [7, 11) is 0. The van der Waals surface area contributed by atoms with Gasteiger partial charge in [-0.05, 0) is 36.4 Å². The molecule has 13 heteroatoms. The largest absolute Gasteiger partial charge is 0.490 e. The molecule has 2 N–H and O–H groups in total. The topological polar surface area (TPSA) is 122 Å². The van der Waals surface area contributed by atoms with Crippen molar-refractivity contribution in [2.45, 2.75) is 25.1 Å². The van der Waals surface area contributed by atoms with Crippen molar-refractivity contribution in [2.75, 3.05) is 5.73 Å². The van der Waals surface area contributed by atoms with Crippen molar-refractivity contribution in [2.24, 2.45) is 0 Å². The molecular weight excluding hydrogens is 525 g/mol. The number of benzene rings is 1. The molecule has 6 aromatic rings. The Kier molecular flexibility index (Phi) is 5.33. The van der Waals surface area contributed by atoms with Gasteiger partial charge < -0.3 is 14.9 Å². The van der Waals surface area contributed by atoms with Crippen molar-refractivity contribution >= 4 is 22.6 Å². The molecule has 0 saturated heterocycles. The van der Waals surface area contributed by atoms with Crippen LogP contribution in [0.5, 0.6) is 5.75 Å². The van der Waals surface area contributed by atoms with Crippen molar-refractivity contribution in [3.63, 3.8) is 0 Å². The van der Waals surface area contributed by atoms with Crippen LogP contribution in [-0.2, 0) is 6.18 Å². The third-order valence-corrected chi connectivity index (χ3v) is 6.63. The molecule has 1 aliphatic carbocycles. The second-order valence-corrected chi connectivity index (χ2v) is 9.23. The van der Waals surface area contributed by atoms with E-state index in [-0.39, 0.29) is 29.2 Å². The fourth-order valence-corrected chi connectivity index (χ4v) is 4.83. The summed E-state index contributed by atoms with van der Waals surface area (Å²) in [5, 5.41) is 8.62. The Bertz CT molecular complexity index is 1900. The highest BCUT2D eigenvalue weighted by Crippen LogP contribution is 2.38. The molecule has 0 fully saturated rings. The summed E-state index contributed by atoms with van der Waals surface area (Å²) in [6.07, 6.45) is 4.86. The van der Waals surface area contributed by atoms with Crippen LogP contribution in [-0.4, -0.2) is 40.5 Å². The number of anilines is 1. The molecule has 0 radical (unpaired) electrons. The normalized spacial score (nSPS) is 14.1. The minimum absolute atomic E-state index is 0.0660. The number of ether oxygens (including phenoxy) is 1. The average molecular weight is 544 g/mol. The Morgan fingerprint density at radius 3 is 2.67 bits per heavy atom. The number of alkyl halides is 3. The minimum atomic E-state index is -4.61. The lowest BCUT2D eigenvalue weighted by Gasteiger charge is -2.15. The van der Waals surface area contributed by atoms with E-state index < -0.39 is 11.9 Å². The van der Waals surface area contributed by atoms with Crippen LogP contribution >= 0.6 is 0 Å². The van der Waals surface area contributed by atoms with Gasteiger partial charge >= 0.3 is 6.18 Å². The van der Waals surface area contributed by atoms with Gasteiger partial charge in [0.05, 0.1) is 23.5 Å². The van der Waals surface area contributed by atoms with Crippen LogP contribution in [0.25, 0.3) is 45.1 Å². The lowest BCUT2D eigenvalue weighted by atomic mass is 10.0. The van der Waals surface area contributed by atoms with Crippen LogP contribution in [0.15, 0.2) is 77.7 Å². The zero-order chi connectivity index (χ0) is 27.4. The first-order valence-electron chi connectivity index (χ1n) is 12.3. The number of halogens is 3. The summed E-state index contributed by atoms with van der Waals surface area (Å²) in [6, 6.07) is 11.8. The highest BCUT2D eigenvalue weighted by molar-refractivity contribution is 5.87. The van der Waals surface area contributed by atoms with E-state index in [1.54, 1.807) is 30.3 Å². The quantitative estimate of drug-likeness (QED) is 0.283. The van der Waals surface area contributed by atoms with E-state index in [9.17, 15) is 13.2 Å². The predicted octanol–water partition coefficient (Wildman–Crippen LogP) is 5.48. The number of rotatable bonds is 5. The summed E-state index contributed by atoms with van der Waals surface area (Å²) in [4.78, 5) is 12.7. The molecule has 1 aliphatic rings. The van der Waals surface area contributed by atoms with Crippen LogP contribution in [0.4, 0.5) is 19.1 Å². The van der Waals surface area contributed by atoms with Crippen LogP contribution in [0.1, 0.15) is 18.5 Å². The number of nitrogens with two attached hydrogens (primary N) is 1. The second-order valence-electron chi connectivity index (χ2n) is 9.23. The molecule has 0 spiro atoms. The van der Waals surface area contributed by atoms with Gasteiger partial charge in [0.2, 0.25) is 5.95 Å². The lowest BCUT2D eigenvalue weighted by molar-refractivity contribution is -0.141. The number of nitrogens with zero attached hydrogens (tertiary/aromatic N) is 7. The number of nitrogen functional groups attached to an aromatic ring is 1. The van der Waals surface area contributed by atoms with Crippen LogP contribution in [0.2, 0.25) is 0 Å². The van der Waals surface area contributed by atoms with Gasteiger partial charge in [0, 0.05) is 30.7 Å². The third-order valence-electron chi connectivity index (χ3n) is 6.63. The Balaban J connectivity index is 1.43. The molecule has 200 valence electrons. The number of pyridine rings is 1. The van der Waals surface area contributed by atoms with Crippen LogP contribution in [0.3, 0.4) is 0 Å². The number of hydrogen-bond donors (Lipinski definition) is 1. The lowest BCUT2D eigenvalue weighted by Crippen LogP contribution is -2.11. The maximum absolute atomic E-state index is 13.7. The van der Waals surface area contributed by atoms with E-state index in [2.05, 4.69) is 37.4 Å². The van der Waals surface area contributed by atoms with E-state index in [0.717, 1.165) is 23.4 Å². The molecule has 1 aromatic carbocycles. The molecule has 7 rings (SSSR count). The monoisotopic (exact) mass is 544 g/mol. The maximum atomic E-state index is 13.7. The summed E-state index contributed by atoms with van der Waals surface area (Å²) in [5.74, 6) is 1.12. The second kappa shape index (κ2) is 8.93. The number of aromatic nitrogens is 7. The van der Waals surface area contributed by atoms with E-state index in [4.69, 9.17) is 14.9 Å². The van der Waals surface area contributed by atoms with Crippen molar-refractivity contribution in [1.82, 2.24) is 34.3 Å². The van der Waals surface area contributed by atoms with Gasteiger partial charge in [-0.15, -0.1) is 5.10 Å². The zero-order valence-electron chi connectivity index (χ0n) is 20.6. The van der Waals surface area contributed by atoms with Gasteiger partial charge in [-0.1, -0.05) is 17.4 Å². The summed E-state index contributed by atoms with van der Waals surface area (Å²) in [6.45, 7) is 0. The summed E-state index contributed by atoms with van der Waals surface area (Å²) >= 11 is 0. The van der Waals surface area contributed by atoms with Crippen LogP contribution < -0.4 is 10.5 Å². The highest BCUT2D eigenvalue weighted by atomic mass is 19.4. The van der Waals surface area contributed by atoms with Crippen molar-refractivity contribution in [3.05, 3.63) is 79.0 Å². The Hall–Kier alpha value is -5.20. The van der Waals surface area contributed by atoms with Gasteiger partial charge in [-0.2, -0.15) is 22.8 Å². The van der Waals surface area contributed by atoms with Gasteiger partial charge in [0.15, 0.2) is 11.6 Å². The summed E-state index contributed by atoms with van der Waals surface area (Å²) < 4.78 is 55.3. The Morgan fingerprint density at radius 1 is 1.05 bits per heavy atom. The number of hydrogen-bond acceptors (Lipinski definition) is 8. The SMILES string of the molecule is Nc1nc(-c2ccco2)c(-c2ccc3ncc(C(F)(F)F)n3c2)c(-n2nnc3cc(OC4CC=CC4)ccc32)n1. The Morgan fingerprint density at radius 2 is 1.90 bits per heavy atom. The molecule has 0 bridgehead atoms. The van der Waals surface area contributed by atoms with Crippen molar-refractivity contribution < 1.29 is 22.3 Å². The van der Waals surface area contributed by atoms with E-state index in [0.29, 0.717) is 33.7 Å². The number of fused-ring (bicyclic) bond motifs is 2. The average Bonchev–Trinajstić information content (AvgIpc) is 3.74.